The van der Waals surface area contributed by atoms with E-state index < -0.39 is 0 Å². The van der Waals surface area contributed by atoms with Gasteiger partial charge in [-0.2, -0.15) is 0 Å². The molecule has 1 nitrogen and oxygen atoms in total. The third-order valence-electron chi connectivity index (χ3n) is 4.30. The summed E-state index contributed by atoms with van der Waals surface area (Å²) >= 11 is 0. The average molecular weight is 231 g/mol. The van der Waals surface area contributed by atoms with Crippen molar-refractivity contribution < 1.29 is 0 Å². The van der Waals surface area contributed by atoms with Crippen molar-refractivity contribution in [1.29, 1.82) is 0 Å². The molecule has 0 aliphatic carbocycles. The molecule has 1 aromatic carbocycles. The van der Waals surface area contributed by atoms with Gasteiger partial charge in [0, 0.05) is 12.1 Å². The second kappa shape index (κ2) is 3.84. The predicted octanol–water partition coefficient (Wildman–Crippen LogP) is 3.71. The lowest BCUT2D eigenvalue weighted by atomic mass is 9.79. The maximum absolute atomic E-state index is 2.45. The first kappa shape index (κ1) is 12.6. The molecule has 0 bridgehead atoms. The normalized spacial score (nSPS) is 20.1. The Bertz CT molecular complexity index is 424. The van der Waals surface area contributed by atoms with Crippen molar-refractivity contribution in [3.63, 3.8) is 0 Å². The van der Waals surface area contributed by atoms with Gasteiger partial charge in [0.2, 0.25) is 0 Å². The molecule has 2 rings (SSSR count). The van der Waals surface area contributed by atoms with Crippen LogP contribution in [0.4, 0.5) is 0 Å². The summed E-state index contributed by atoms with van der Waals surface area (Å²) in [6.45, 7) is 12.7. The molecule has 0 saturated heterocycles. The van der Waals surface area contributed by atoms with Crippen molar-refractivity contribution >= 4 is 0 Å². The zero-order valence-electron chi connectivity index (χ0n) is 12.1. The van der Waals surface area contributed by atoms with E-state index in [9.17, 15) is 0 Å². The summed E-state index contributed by atoms with van der Waals surface area (Å²) in [7, 11) is 2.22. The molecule has 0 amide bonds. The van der Waals surface area contributed by atoms with Gasteiger partial charge in [0.25, 0.3) is 0 Å². The molecule has 0 radical (unpaired) electrons. The van der Waals surface area contributed by atoms with Gasteiger partial charge in [-0.1, -0.05) is 39.0 Å². The summed E-state index contributed by atoms with van der Waals surface area (Å²) in [6, 6.07) is 7.06. The maximum Gasteiger partial charge on any atom is 0.0404 e. The van der Waals surface area contributed by atoms with Crippen molar-refractivity contribution in [3.05, 3.63) is 34.9 Å². The second-order valence-corrected chi connectivity index (χ2v) is 6.85. The average Bonchev–Trinajstić information content (AvgIpc) is 2.22. The fourth-order valence-corrected chi connectivity index (χ4v) is 2.64. The molecule has 94 valence electrons. The Hall–Kier alpha value is -0.820. The molecule has 1 aromatic rings. The van der Waals surface area contributed by atoms with Gasteiger partial charge in [-0.05, 0) is 49.4 Å². The summed E-state index contributed by atoms with van der Waals surface area (Å²) in [5.74, 6) is 0. The van der Waals surface area contributed by atoms with Crippen molar-refractivity contribution in [2.75, 3.05) is 13.6 Å². The Morgan fingerprint density at radius 1 is 1.18 bits per heavy atom. The Morgan fingerprint density at radius 3 is 2.41 bits per heavy atom. The molecule has 0 saturated carbocycles. The van der Waals surface area contributed by atoms with Crippen molar-refractivity contribution in [3.8, 4) is 0 Å². The summed E-state index contributed by atoms with van der Waals surface area (Å²) in [5.41, 5.74) is 4.92. The number of nitrogens with zero attached hydrogens (tertiary/aromatic N) is 1. The van der Waals surface area contributed by atoms with Crippen LogP contribution in [0.25, 0.3) is 0 Å². The van der Waals surface area contributed by atoms with Crippen LogP contribution in [0.3, 0.4) is 0 Å². The van der Waals surface area contributed by atoms with Gasteiger partial charge in [-0.3, -0.25) is 4.90 Å². The first-order chi connectivity index (χ1) is 7.73. The van der Waals surface area contributed by atoms with Gasteiger partial charge in [-0.25, -0.2) is 0 Å². The van der Waals surface area contributed by atoms with E-state index in [1.807, 2.05) is 0 Å². The molecule has 1 heterocycles. The highest BCUT2D eigenvalue weighted by molar-refractivity contribution is 5.40. The molecule has 0 aromatic heterocycles. The van der Waals surface area contributed by atoms with Crippen LogP contribution in [0.1, 0.15) is 51.3 Å². The number of hydrogen-bond donors (Lipinski definition) is 0. The van der Waals surface area contributed by atoms with Crippen LogP contribution in [-0.2, 0) is 17.4 Å². The number of rotatable bonds is 0. The Balaban J connectivity index is 2.49. The van der Waals surface area contributed by atoms with Gasteiger partial charge in [0.1, 0.15) is 0 Å². The van der Waals surface area contributed by atoms with Crippen LogP contribution in [0.15, 0.2) is 18.2 Å². The zero-order valence-corrected chi connectivity index (χ0v) is 12.1. The number of hydrogen-bond acceptors (Lipinski definition) is 1. The smallest absolute Gasteiger partial charge is 0.0404 e. The summed E-state index contributed by atoms with van der Waals surface area (Å²) in [4.78, 5) is 2.45. The summed E-state index contributed by atoms with van der Waals surface area (Å²) in [5, 5.41) is 0. The van der Waals surface area contributed by atoms with E-state index in [-0.39, 0.29) is 11.0 Å². The molecule has 1 aliphatic rings. The first-order valence-corrected chi connectivity index (χ1v) is 6.58. The van der Waals surface area contributed by atoms with Crippen LogP contribution in [0.5, 0.6) is 0 Å². The van der Waals surface area contributed by atoms with E-state index in [2.05, 4.69) is 64.8 Å². The standard InChI is InChI=1S/C16H25N/c1-15(2,3)13-7-8-14-12(11-13)9-10-17(6)16(14,4)5/h7-8,11H,9-10H2,1-6H3. The molecular weight excluding hydrogens is 206 g/mol. The molecule has 0 spiro atoms. The van der Waals surface area contributed by atoms with Gasteiger partial charge in [-0.15, -0.1) is 0 Å². The third kappa shape index (κ3) is 2.13. The lowest BCUT2D eigenvalue weighted by molar-refractivity contribution is 0.143. The van der Waals surface area contributed by atoms with Gasteiger partial charge in [0.15, 0.2) is 0 Å². The van der Waals surface area contributed by atoms with Gasteiger partial charge in [0.05, 0.1) is 0 Å². The van der Waals surface area contributed by atoms with E-state index in [0.29, 0.717) is 0 Å². The van der Waals surface area contributed by atoms with Gasteiger partial charge >= 0.3 is 0 Å². The Labute approximate surface area is 106 Å². The van der Waals surface area contributed by atoms with E-state index in [1.54, 1.807) is 5.56 Å². The first-order valence-electron chi connectivity index (χ1n) is 6.58. The van der Waals surface area contributed by atoms with E-state index >= 15 is 0 Å². The fourth-order valence-electron chi connectivity index (χ4n) is 2.64. The second-order valence-electron chi connectivity index (χ2n) is 6.85. The van der Waals surface area contributed by atoms with Crippen LogP contribution >= 0.6 is 0 Å². The maximum atomic E-state index is 2.45. The lowest BCUT2D eigenvalue weighted by Crippen LogP contribution is -2.44. The fraction of sp³-hybridized carbons (Fsp3) is 0.625. The quantitative estimate of drug-likeness (QED) is 0.658. The predicted molar refractivity (Wildman–Crippen MR) is 74.5 cm³/mol. The van der Waals surface area contributed by atoms with Crippen LogP contribution in [-0.4, -0.2) is 18.5 Å². The molecule has 0 atom stereocenters. The molecule has 1 aliphatic heterocycles. The SMILES string of the molecule is CN1CCc2cc(C(C)(C)C)ccc2C1(C)C. The molecule has 0 fully saturated rings. The van der Waals surface area contributed by atoms with E-state index in [1.165, 1.54) is 17.5 Å². The van der Waals surface area contributed by atoms with E-state index in [4.69, 9.17) is 0 Å². The minimum Gasteiger partial charge on any atom is -0.297 e. The minimum absolute atomic E-state index is 0.171. The summed E-state index contributed by atoms with van der Waals surface area (Å²) < 4.78 is 0. The topological polar surface area (TPSA) is 3.24 Å². The minimum atomic E-state index is 0.171. The molecular formula is C16H25N. The van der Waals surface area contributed by atoms with Crippen molar-refractivity contribution in [2.45, 2.75) is 52.0 Å². The highest BCUT2D eigenvalue weighted by Crippen LogP contribution is 2.36. The monoisotopic (exact) mass is 231 g/mol. The zero-order chi connectivity index (χ0) is 12.8. The van der Waals surface area contributed by atoms with Crippen molar-refractivity contribution in [2.24, 2.45) is 0 Å². The van der Waals surface area contributed by atoms with Crippen LogP contribution < -0.4 is 0 Å². The lowest BCUT2D eigenvalue weighted by Gasteiger charge is -2.42. The molecule has 0 unspecified atom stereocenters. The van der Waals surface area contributed by atoms with Gasteiger partial charge < -0.3 is 0 Å². The molecule has 1 heteroatoms. The van der Waals surface area contributed by atoms with Crippen LogP contribution in [0.2, 0.25) is 0 Å². The Kier molecular flexibility index (Phi) is 2.86. The van der Waals surface area contributed by atoms with Crippen molar-refractivity contribution in [1.82, 2.24) is 4.90 Å². The third-order valence-corrected chi connectivity index (χ3v) is 4.30. The molecule has 0 N–H and O–H groups in total. The highest BCUT2D eigenvalue weighted by Gasteiger charge is 2.32. The number of likely N-dealkylation sites (N-methyl/N-ethyl adjacent to an activating group) is 1. The van der Waals surface area contributed by atoms with Crippen LogP contribution in [0, 0.1) is 0 Å². The molecule has 17 heavy (non-hydrogen) atoms. The number of benzene rings is 1. The number of fused-ring (bicyclic) bond motifs is 1. The highest BCUT2D eigenvalue weighted by atomic mass is 15.2. The van der Waals surface area contributed by atoms with E-state index in [0.717, 1.165) is 6.54 Å². The Morgan fingerprint density at radius 2 is 1.82 bits per heavy atom. The summed E-state index contributed by atoms with van der Waals surface area (Å²) in [6.07, 6.45) is 1.18. The largest absolute Gasteiger partial charge is 0.297 e.